The van der Waals surface area contributed by atoms with Crippen molar-refractivity contribution in [2.45, 2.75) is 6.92 Å². The smallest absolute Gasteiger partial charge is 0.271 e. The molecule has 1 N–H and O–H groups in total. The minimum absolute atomic E-state index is 0.258. The van der Waals surface area contributed by atoms with Gasteiger partial charge in [0.15, 0.2) is 0 Å². The van der Waals surface area contributed by atoms with Crippen molar-refractivity contribution in [3.8, 4) is 11.5 Å². The van der Waals surface area contributed by atoms with Gasteiger partial charge in [-0.1, -0.05) is 18.2 Å². The summed E-state index contributed by atoms with van der Waals surface area (Å²) in [5, 5.41) is 4.00. The molecule has 0 bridgehead atoms. The van der Waals surface area contributed by atoms with Gasteiger partial charge in [-0.3, -0.25) is 4.79 Å². The van der Waals surface area contributed by atoms with E-state index in [2.05, 4.69) is 26.5 Å². The first-order valence-corrected chi connectivity index (χ1v) is 7.66. The molecule has 0 fully saturated rings. The normalized spacial score (nSPS) is 10.6. The fraction of sp³-hybridized carbons (Fsp3) is 0.176. The van der Waals surface area contributed by atoms with Crippen molar-refractivity contribution in [1.29, 1.82) is 0 Å². The van der Waals surface area contributed by atoms with Crippen molar-refractivity contribution in [2.24, 2.45) is 5.10 Å². The monoisotopic (exact) mass is 376 g/mol. The molecule has 2 aromatic carbocycles. The zero-order valence-electron chi connectivity index (χ0n) is 13.1. The molecule has 0 radical (unpaired) electrons. The molecule has 0 unspecified atom stereocenters. The van der Waals surface area contributed by atoms with Crippen LogP contribution in [0.1, 0.15) is 21.5 Å². The topological polar surface area (TPSA) is 59.9 Å². The summed E-state index contributed by atoms with van der Waals surface area (Å²) in [6, 6.07) is 10.9. The number of carbonyl (C=O) groups excluding carboxylic acids is 1. The lowest BCUT2D eigenvalue weighted by molar-refractivity contribution is 0.0954. The third kappa shape index (κ3) is 4.10. The van der Waals surface area contributed by atoms with Crippen LogP contribution in [0.5, 0.6) is 11.5 Å². The van der Waals surface area contributed by atoms with Crippen LogP contribution >= 0.6 is 15.9 Å². The summed E-state index contributed by atoms with van der Waals surface area (Å²) in [6.45, 7) is 1.88. The lowest BCUT2D eigenvalue weighted by Crippen LogP contribution is -2.18. The fourth-order valence-corrected chi connectivity index (χ4v) is 2.56. The summed E-state index contributed by atoms with van der Waals surface area (Å²) < 4.78 is 11.3. The molecule has 0 aliphatic rings. The maximum atomic E-state index is 12.1. The molecule has 120 valence electrons. The lowest BCUT2D eigenvalue weighted by atomic mass is 10.1. The Morgan fingerprint density at radius 2 is 1.87 bits per heavy atom. The molecular weight excluding hydrogens is 360 g/mol. The first-order chi connectivity index (χ1) is 11.1. The third-order valence-corrected chi connectivity index (χ3v) is 3.88. The van der Waals surface area contributed by atoms with E-state index in [9.17, 15) is 4.79 Å². The van der Waals surface area contributed by atoms with Gasteiger partial charge < -0.3 is 9.47 Å². The van der Waals surface area contributed by atoms with E-state index in [1.165, 1.54) is 6.21 Å². The van der Waals surface area contributed by atoms with Crippen LogP contribution in [0.15, 0.2) is 46.0 Å². The van der Waals surface area contributed by atoms with Crippen molar-refractivity contribution in [3.05, 3.63) is 57.6 Å². The highest BCUT2D eigenvalue weighted by molar-refractivity contribution is 9.10. The van der Waals surface area contributed by atoms with Gasteiger partial charge in [0.25, 0.3) is 5.91 Å². The first kappa shape index (κ1) is 17.0. The number of amides is 1. The van der Waals surface area contributed by atoms with E-state index in [0.717, 1.165) is 10.0 Å². The predicted molar refractivity (Wildman–Crippen MR) is 93.5 cm³/mol. The maximum absolute atomic E-state index is 12.1. The number of aryl methyl sites for hydroxylation is 1. The SMILES string of the molecule is COc1cc(OC)c(/C=N\NC(=O)c2ccccc2C)cc1Br. The number of halogens is 1. The number of hydrazone groups is 1. The Balaban J connectivity index is 2.16. The van der Waals surface area contributed by atoms with Gasteiger partial charge in [0.05, 0.1) is 24.9 Å². The lowest BCUT2D eigenvalue weighted by Gasteiger charge is -2.09. The summed E-state index contributed by atoms with van der Waals surface area (Å²) in [5.41, 5.74) is 4.71. The molecule has 0 saturated carbocycles. The highest BCUT2D eigenvalue weighted by Gasteiger charge is 2.09. The van der Waals surface area contributed by atoms with Crippen LogP contribution in [0.2, 0.25) is 0 Å². The van der Waals surface area contributed by atoms with E-state index in [-0.39, 0.29) is 5.91 Å². The Bertz CT molecular complexity index is 745. The zero-order valence-corrected chi connectivity index (χ0v) is 14.7. The minimum atomic E-state index is -0.258. The van der Waals surface area contributed by atoms with E-state index in [1.807, 2.05) is 25.1 Å². The number of nitrogens with one attached hydrogen (secondary N) is 1. The second-order valence-corrected chi connectivity index (χ2v) is 5.60. The number of hydrogen-bond donors (Lipinski definition) is 1. The molecule has 0 saturated heterocycles. The van der Waals surface area contributed by atoms with Crippen LogP contribution in [-0.4, -0.2) is 26.3 Å². The number of ether oxygens (including phenoxy) is 2. The summed E-state index contributed by atoms with van der Waals surface area (Å²) in [5.74, 6) is 0.993. The molecule has 23 heavy (non-hydrogen) atoms. The number of methoxy groups -OCH3 is 2. The van der Waals surface area contributed by atoms with Gasteiger partial charge >= 0.3 is 0 Å². The quantitative estimate of drug-likeness (QED) is 0.641. The van der Waals surface area contributed by atoms with Gasteiger partial charge in [0.1, 0.15) is 11.5 Å². The number of hydrogen-bond acceptors (Lipinski definition) is 4. The Hall–Kier alpha value is -2.34. The molecule has 0 spiro atoms. The zero-order chi connectivity index (χ0) is 16.8. The summed E-state index contributed by atoms with van der Waals surface area (Å²) in [7, 11) is 3.14. The van der Waals surface area contributed by atoms with Crippen molar-refractivity contribution in [3.63, 3.8) is 0 Å². The Morgan fingerprint density at radius 1 is 1.17 bits per heavy atom. The van der Waals surface area contributed by atoms with Crippen molar-refractivity contribution < 1.29 is 14.3 Å². The van der Waals surface area contributed by atoms with Crippen LogP contribution in [-0.2, 0) is 0 Å². The number of carbonyl (C=O) groups is 1. The van der Waals surface area contributed by atoms with Crippen molar-refractivity contribution >= 4 is 28.1 Å². The van der Waals surface area contributed by atoms with E-state index >= 15 is 0 Å². The van der Waals surface area contributed by atoms with Gasteiger partial charge in [-0.05, 0) is 40.5 Å². The van der Waals surface area contributed by atoms with E-state index < -0.39 is 0 Å². The second-order valence-electron chi connectivity index (χ2n) is 4.74. The Labute approximate surface area is 143 Å². The standard InChI is InChI=1S/C17H17BrN2O3/c1-11-6-4-5-7-13(11)17(21)20-19-10-12-8-14(18)16(23-3)9-15(12)22-2/h4-10H,1-3H3,(H,20,21)/b19-10-. The average Bonchev–Trinajstić information content (AvgIpc) is 2.55. The van der Waals surface area contributed by atoms with Gasteiger partial charge in [-0.15, -0.1) is 0 Å². The molecule has 0 aromatic heterocycles. The van der Waals surface area contributed by atoms with Crippen LogP contribution in [0.4, 0.5) is 0 Å². The number of nitrogens with zero attached hydrogens (tertiary/aromatic N) is 1. The molecule has 0 aliphatic carbocycles. The minimum Gasteiger partial charge on any atom is -0.496 e. The summed E-state index contributed by atoms with van der Waals surface area (Å²) in [4.78, 5) is 12.1. The van der Waals surface area contributed by atoms with Crippen LogP contribution in [0.3, 0.4) is 0 Å². The van der Waals surface area contributed by atoms with E-state index in [1.54, 1.807) is 32.4 Å². The molecule has 0 aliphatic heterocycles. The molecular formula is C17H17BrN2O3. The van der Waals surface area contributed by atoms with Crippen LogP contribution in [0.25, 0.3) is 0 Å². The van der Waals surface area contributed by atoms with Gasteiger partial charge in [0.2, 0.25) is 0 Å². The van der Waals surface area contributed by atoms with Gasteiger partial charge in [-0.25, -0.2) is 5.43 Å². The number of rotatable bonds is 5. The maximum Gasteiger partial charge on any atom is 0.271 e. The molecule has 2 rings (SSSR count). The first-order valence-electron chi connectivity index (χ1n) is 6.87. The average molecular weight is 377 g/mol. The Kier molecular flexibility index (Phi) is 5.76. The second kappa shape index (κ2) is 7.78. The number of benzene rings is 2. The highest BCUT2D eigenvalue weighted by atomic mass is 79.9. The Morgan fingerprint density at radius 3 is 2.52 bits per heavy atom. The van der Waals surface area contributed by atoms with Crippen molar-refractivity contribution in [2.75, 3.05) is 14.2 Å². The third-order valence-electron chi connectivity index (χ3n) is 3.26. The van der Waals surface area contributed by atoms with Crippen LogP contribution < -0.4 is 14.9 Å². The summed E-state index contributed by atoms with van der Waals surface area (Å²) in [6.07, 6.45) is 1.53. The van der Waals surface area contributed by atoms with Crippen LogP contribution in [0, 0.1) is 6.92 Å². The van der Waals surface area contributed by atoms with Gasteiger partial charge in [0, 0.05) is 17.2 Å². The molecule has 2 aromatic rings. The van der Waals surface area contributed by atoms with Gasteiger partial charge in [-0.2, -0.15) is 5.10 Å². The molecule has 6 heteroatoms. The summed E-state index contributed by atoms with van der Waals surface area (Å²) >= 11 is 3.41. The fourth-order valence-electron chi connectivity index (χ4n) is 2.03. The molecule has 0 heterocycles. The molecule has 5 nitrogen and oxygen atoms in total. The largest absolute Gasteiger partial charge is 0.496 e. The molecule has 0 atom stereocenters. The predicted octanol–water partition coefficient (Wildman–Crippen LogP) is 3.54. The van der Waals surface area contributed by atoms with E-state index in [4.69, 9.17) is 9.47 Å². The molecule has 1 amide bonds. The highest BCUT2D eigenvalue weighted by Crippen LogP contribution is 2.31. The van der Waals surface area contributed by atoms with E-state index in [0.29, 0.717) is 22.6 Å². The van der Waals surface area contributed by atoms with Crippen molar-refractivity contribution in [1.82, 2.24) is 5.43 Å².